The summed E-state index contributed by atoms with van der Waals surface area (Å²) in [5, 5.41) is 5.84. The number of pyridine rings is 1. The number of ether oxygens (including phenoxy) is 2. The maximum Gasteiger partial charge on any atom is 0.308 e. The Labute approximate surface area is 148 Å². The van der Waals surface area contributed by atoms with Gasteiger partial charge in [-0.15, -0.1) is 5.10 Å². The van der Waals surface area contributed by atoms with Crippen molar-refractivity contribution in [2.45, 2.75) is 20.1 Å². The Morgan fingerprint density at radius 2 is 2.08 bits per heavy atom. The summed E-state index contributed by atoms with van der Waals surface area (Å²) in [6.45, 7) is 2.67. The number of hydrogen-bond acceptors (Lipinski definition) is 6. The molecule has 0 spiro atoms. The van der Waals surface area contributed by atoms with Crippen LogP contribution in [-0.4, -0.2) is 27.8 Å². The van der Waals surface area contributed by atoms with Gasteiger partial charge >= 0.3 is 5.97 Å². The number of aromatic nitrogens is 1. The molecule has 2 heterocycles. The molecule has 8 heteroatoms. The second-order valence-corrected chi connectivity index (χ2v) is 5.70. The van der Waals surface area contributed by atoms with Crippen molar-refractivity contribution in [3.63, 3.8) is 0 Å². The molecule has 3 rings (SSSR count). The zero-order valence-corrected chi connectivity index (χ0v) is 14.2. The van der Waals surface area contributed by atoms with E-state index in [9.17, 15) is 9.59 Å². The molecule has 0 fully saturated rings. The van der Waals surface area contributed by atoms with E-state index in [-0.39, 0.29) is 17.6 Å². The van der Waals surface area contributed by atoms with Crippen LogP contribution in [0.5, 0.6) is 5.75 Å². The molecule has 25 heavy (non-hydrogen) atoms. The quantitative estimate of drug-likeness (QED) is 0.621. The average molecular weight is 360 g/mol. The van der Waals surface area contributed by atoms with Crippen molar-refractivity contribution in [1.82, 2.24) is 9.99 Å². The summed E-state index contributed by atoms with van der Waals surface area (Å²) in [6, 6.07) is 8.19. The van der Waals surface area contributed by atoms with Crippen molar-refractivity contribution in [2.75, 3.05) is 0 Å². The van der Waals surface area contributed by atoms with Crippen molar-refractivity contribution in [1.29, 1.82) is 0 Å². The first-order chi connectivity index (χ1) is 12.0. The lowest BCUT2D eigenvalue weighted by atomic mass is 10.2. The van der Waals surface area contributed by atoms with Gasteiger partial charge < -0.3 is 9.47 Å². The van der Waals surface area contributed by atoms with Crippen molar-refractivity contribution in [3.05, 3.63) is 58.9 Å². The van der Waals surface area contributed by atoms with Gasteiger partial charge in [0.25, 0.3) is 0 Å². The van der Waals surface area contributed by atoms with Gasteiger partial charge in [0.15, 0.2) is 0 Å². The third-order valence-electron chi connectivity index (χ3n) is 3.36. The molecule has 1 aromatic carbocycles. The molecule has 1 atom stereocenters. The van der Waals surface area contributed by atoms with Crippen LogP contribution in [0.1, 0.15) is 31.2 Å². The van der Waals surface area contributed by atoms with Crippen LogP contribution in [0.15, 0.2) is 47.8 Å². The summed E-state index contributed by atoms with van der Waals surface area (Å²) >= 11 is 6.04. The number of nitrogens with zero attached hydrogens (tertiary/aromatic N) is 3. The van der Waals surface area contributed by atoms with Crippen LogP contribution in [0.25, 0.3) is 0 Å². The van der Waals surface area contributed by atoms with Crippen LogP contribution in [0.2, 0.25) is 5.02 Å². The number of carbonyl (C=O) groups excluding carboxylic acids is 2. The molecule has 0 radical (unpaired) electrons. The van der Waals surface area contributed by atoms with Crippen LogP contribution in [-0.2, 0) is 14.3 Å². The molecule has 1 aliphatic rings. The van der Waals surface area contributed by atoms with Crippen molar-refractivity contribution in [3.8, 4) is 5.75 Å². The van der Waals surface area contributed by atoms with Crippen LogP contribution in [0.4, 0.5) is 0 Å². The summed E-state index contributed by atoms with van der Waals surface area (Å²) < 4.78 is 11.0. The van der Waals surface area contributed by atoms with Crippen molar-refractivity contribution >= 4 is 29.4 Å². The molecular weight excluding hydrogens is 346 g/mol. The Hall–Kier alpha value is -2.93. The first kappa shape index (κ1) is 16.9. The first-order valence-corrected chi connectivity index (χ1v) is 7.77. The minimum Gasteiger partial charge on any atom is -0.446 e. The number of rotatable bonds is 3. The van der Waals surface area contributed by atoms with Crippen molar-refractivity contribution in [2.24, 2.45) is 5.10 Å². The van der Waals surface area contributed by atoms with E-state index in [4.69, 9.17) is 21.1 Å². The third kappa shape index (κ3) is 3.61. The molecular formula is C17H14ClN3O4. The number of hydrazone groups is 1. The minimum atomic E-state index is -0.759. The first-order valence-electron chi connectivity index (χ1n) is 7.39. The summed E-state index contributed by atoms with van der Waals surface area (Å²) in [5.74, 6) is -0.428. The number of halogens is 1. The van der Waals surface area contributed by atoms with Crippen LogP contribution < -0.4 is 4.74 Å². The molecule has 0 aliphatic carbocycles. The fourth-order valence-electron chi connectivity index (χ4n) is 2.33. The van der Waals surface area contributed by atoms with Crippen LogP contribution in [0, 0.1) is 0 Å². The molecule has 1 aromatic heterocycles. The van der Waals surface area contributed by atoms with E-state index in [1.807, 2.05) is 0 Å². The third-order valence-corrected chi connectivity index (χ3v) is 3.60. The molecule has 128 valence electrons. The van der Waals surface area contributed by atoms with E-state index in [1.54, 1.807) is 42.7 Å². The fourth-order valence-corrected chi connectivity index (χ4v) is 2.50. The Morgan fingerprint density at radius 3 is 2.72 bits per heavy atom. The summed E-state index contributed by atoms with van der Waals surface area (Å²) in [5.41, 5.74) is 1.04. The normalized spacial score (nSPS) is 16.2. The minimum absolute atomic E-state index is 0.128. The predicted octanol–water partition coefficient (Wildman–Crippen LogP) is 2.90. The Balaban J connectivity index is 2.01. The van der Waals surface area contributed by atoms with E-state index in [2.05, 4.69) is 10.1 Å². The van der Waals surface area contributed by atoms with Gasteiger partial charge in [-0.25, -0.2) is 0 Å². The van der Waals surface area contributed by atoms with Crippen LogP contribution in [0.3, 0.4) is 0 Å². The van der Waals surface area contributed by atoms with E-state index < -0.39 is 12.2 Å². The highest BCUT2D eigenvalue weighted by Crippen LogP contribution is 2.33. The zero-order valence-electron chi connectivity index (χ0n) is 13.5. The number of carbonyl (C=O) groups is 2. The lowest BCUT2D eigenvalue weighted by Gasteiger charge is -2.18. The molecule has 2 aromatic rings. The Bertz CT molecular complexity index is 854. The molecule has 1 amide bonds. The van der Waals surface area contributed by atoms with Crippen molar-refractivity contribution < 1.29 is 19.1 Å². The maximum absolute atomic E-state index is 11.9. The number of amides is 1. The number of esters is 1. The highest BCUT2D eigenvalue weighted by atomic mass is 35.5. The van der Waals surface area contributed by atoms with Gasteiger partial charge in [0.05, 0.1) is 5.56 Å². The standard InChI is InChI=1S/C17H14ClN3O4/c1-10(22)21-17(12-4-3-7-19-9-12)25-16(20-21)14-8-13(18)5-6-15(14)24-11(2)23/h3-9,17H,1-2H3/t17-/m1/s1. The van der Waals surface area contributed by atoms with E-state index in [0.717, 1.165) is 0 Å². The summed E-state index contributed by atoms with van der Waals surface area (Å²) in [7, 11) is 0. The maximum atomic E-state index is 11.9. The van der Waals surface area contributed by atoms with E-state index in [0.29, 0.717) is 16.1 Å². The number of benzene rings is 1. The lowest BCUT2D eigenvalue weighted by molar-refractivity contribution is -0.135. The van der Waals surface area contributed by atoms with E-state index >= 15 is 0 Å². The molecule has 7 nitrogen and oxygen atoms in total. The van der Waals surface area contributed by atoms with Gasteiger partial charge in [0.1, 0.15) is 5.75 Å². The molecule has 0 saturated heterocycles. The summed E-state index contributed by atoms with van der Waals surface area (Å²) in [6.07, 6.45) is 2.45. The average Bonchev–Trinajstić information content (AvgIpc) is 3.02. The highest BCUT2D eigenvalue weighted by molar-refractivity contribution is 6.31. The molecule has 1 aliphatic heterocycles. The largest absolute Gasteiger partial charge is 0.446 e. The molecule has 0 N–H and O–H groups in total. The predicted molar refractivity (Wildman–Crippen MR) is 89.9 cm³/mol. The second kappa shape index (κ2) is 6.90. The Morgan fingerprint density at radius 1 is 1.28 bits per heavy atom. The van der Waals surface area contributed by atoms with Crippen LogP contribution >= 0.6 is 11.6 Å². The monoisotopic (exact) mass is 359 g/mol. The topological polar surface area (TPSA) is 81.1 Å². The lowest BCUT2D eigenvalue weighted by Crippen LogP contribution is -2.25. The van der Waals surface area contributed by atoms with E-state index in [1.165, 1.54) is 18.9 Å². The SMILES string of the molecule is CC(=O)Oc1ccc(Cl)cc1C1=NN(C(C)=O)[C@@H](c2cccnc2)O1. The smallest absolute Gasteiger partial charge is 0.308 e. The molecule has 0 bridgehead atoms. The summed E-state index contributed by atoms with van der Waals surface area (Å²) in [4.78, 5) is 27.3. The Kier molecular flexibility index (Phi) is 4.67. The molecule has 0 unspecified atom stereocenters. The second-order valence-electron chi connectivity index (χ2n) is 5.26. The van der Waals surface area contributed by atoms with Gasteiger partial charge in [0, 0.05) is 36.8 Å². The highest BCUT2D eigenvalue weighted by Gasteiger charge is 2.34. The van der Waals surface area contributed by atoms with Gasteiger partial charge in [-0.1, -0.05) is 17.7 Å². The van der Waals surface area contributed by atoms with Gasteiger partial charge in [-0.2, -0.15) is 5.01 Å². The fraction of sp³-hybridized carbons (Fsp3) is 0.176. The van der Waals surface area contributed by atoms with Gasteiger partial charge in [0.2, 0.25) is 18.0 Å². The zero-order chi connectivity index (χ0) is 18.0. The van der Waals surface area contributed by atoms with Gasteiger partial charge in [-0.3, -0.25) is 14.6 Å². The molecule has 0 saturated carbocycles. The number of hydrogen-bond donors (Lipinski definition) is 0. The van der Waals surface area contributed by atoms with Gasteiger partial charge in [-0.05, 0) is 24.3 Å².